The fraction of sp³-hybridized carbons (Fsp3) is 0.316. The number of carboxylic acid groups (broad SMARTS) is 1. The van der Waals surface area contributed by atoms with Crippen LogP contribution in [0.15, 0.2) is 35.1 Å². The molecule has 7 heteroatoms. The third-order valence-corrected chi connectivity index (χ3v) is 4.55. The number of rotatable bonds is 5. The molecule has 1 unspecified atom stereocenters. The summed E-state index contributed by atoms with van der Waals surface area (Å²) < 4.78 is 5.05. The molecule has 0 saturated heterocycles. The Labute approximate surface area is 150 Å². The van der Waals surface area contributed by atoms with Gasteiger partial charge in [-0.3, -0.25) is 9.59 Å². The van der Waals surface area contributed by atoms with Crippen molar-refractivity contribution in [3.8, 4) is 5.75 Å². The Bertz CT molecular complexity index is 886. The van der Waals surface area contributed by atoms with Crippen LogP contribution in [0.25, 0.3) is 0 Å². The van der Waals surface area contributed by atoms with Crippen LogP contribution in [0.3, 0.4) is 0 Å². The lowest BCUT2D eigenvalue weighted by Gasteiger charge is -2.18. The standard InChI is InChI=1S/C19H20N2O5/c1-26-13-8-6-11(7-9-13)16(19(24)25)21-18(23)14-10-12-4-2-3-5-15(12)20-17(14)22/h6-10,16H,2-5H2,1H3,(H,20,22)(H,21,23)(H,24,25). The number of fused-ring (bicyclic) bond motifs is 1. The van der Waals surface area contributed by atoms with E-state index in [2.05, 4.69) is 10.3 Å². The monoisotopic (exact) mass is 356 g/mol. The molecule has 1 aliphatic carbocycles. The third kappa shape index (κ3) is 3.61. The minimum absolute atomic E-state index is 0.0644. The maximum absolute atomic E-state index is 12.5. The topological polar surface area (TPSA) is 108 Å². The van der Waals surface area contributed by atoms with Crippen LogP contribution in [0.1, 0.15) is 46.1 Å². The highest BCUT2D eigenvalue weighted by atomic mass is 16.5. The number of carboxylic acids is 1. The van der Waals surface area contributed by atoms with E-state index in [9.17, 15) is 19.5 Å². The van der Waals surface area contributed by atoms with E-state index in [1.165, 1.54) is 7.11 Å². The number of aliphatic carboxylic acids is 1. The third-order valence-electron chi connectivity index (χ3n) is 4.55. The number of amides is 1. The molecule has 7 nitrogen and oxygen atoms in total. The molecule has 1 amide bonds. The minimum Gasteiger partial charge on any atom is -0.497 e. The number of hydrogen-bond donors (Lipinski definition) is 3. The molecule has 136 valence electrons. The molecule has 0 radical (unpaired) electrons. The second kappa shape index (κ2) is 7.43. The maximum atomic E-state index is 12.5. The number of hydrogen-bond acceptors (Lipinski definition) is 4. The molecule has 1 aromatic heterocycles. The maximum Gasteiger partial charge on any atom is 0.330 e. The highest BCUT2D eigenvalue weighted by molar-refractivity contribution is 5.96. The zero-order valence-corrected chi connectivity index (χ0v) is 14.4. The number of aromatic amines is 1. The van der Waals surface area contributed by atoms with Crippen LogP contribution in [0, 0.1) is 0 Å². The zero-order valence-electron chi connectivity index (χ0n) is 14.4. The second-order valence-electron chi connectivity index (χ2n) is 6.24. The first-order valence-corrected chi connectivity index (χ1v) is 8.42. The summed E-state index contributed by atoms with van der Waals surface area (Å²) in [5, 5.41) is 11.9. The van der Waals surface area contributed by atoms with Crippen molar-refractivity contribution in [2.75, 3.05) is 7.11 Å². The van der Waals surface area contributed by atoms with Gasteiger partial charge in [0.1, 0.15) is 11.3 Å². The van der Waals surface area contributed by atoms with Gasteiger partial charge in [-0.15, -0.1) is 0 Å². The van der Waals surface area contributed by atoms with Crippen molar-refractivity contribution in [3.63, 3.8) is 0 Å². The second-order valence-corrected chi connectivity index (χ2v) is 6.24. The summed E-state index contributed by atoms with van der Waals surface area (Å²) in [7, 11) is 1.51. The molecule has 0 saturated carbocycles. The van der Waals surface area contributed by atoms with Gasteiger partial charge in [0.25, 0.3) is 11.5 Å². The molecule has 3 rings (SSSR count). The summed E-state index contributed by atoms with van der Waals surface area (Å²) in [6, 6.07) is 6.68. The Morgan fingerprint density at radius 3 is 2.54 bits per heavy atom. The number of aryl methyl sites for hydroxylation is 2. The number of H-pyrrole nitrogens is 1. The molecule has 0 fully saturated rings. The number of aromatic nitrogens is 1. The van der Waals surface area contributed by atoms with Crippen LogP contribution in [0.5, 0.6) is 5.75 Å². The lowest BCUT2D eigenvalue weighted by Crippen LogP contribution is -2.37. The minimum atomic E-state index is -1.26. The predicted molar refractivity (Wildman–Crippen MR) is 94.5 cm³/mol. The largest absolute Gasteiger partial charge is 0.497 e. The molecular weight excluding hydrogens is 336 g/mol. The van der Waals surface area contributed by atoms with Gasteiger partial charge in [-0.25, -0.2) is 4.79 Å². The average Bonchev–Trinajstić information content (AvgIpc) is 2.65. The molecule has 1 atom stereocenters. The Balaban J connectivity index is 1.86. The van der Waals surface area contributed by atoms with Crippen LogP contribution in [0.2, 0.25) is 0 Å². The van der Waals surface area contributed by atoms with E-state index in [1.54, 1.807) is 30.3 Å². The van der Waals surface area contributed by atoms with E-state index >= 15 is 0 Å². The Morgan fingerprint density at radius 1 is 1.19 bits per heavy atom. The molecule has 1 aromatic carbocycles. The average molecular weight is 356 g/mol. The van der Waals surface area contributed by atoms with Gasteiger partial charge in [0.2, 0.25) is 0 Å². The summed E-state index contributed by atoms with van der Waals surface area (Å²) in [4.78, 5) is 39.1. The summed E-state index contributed by atoms with van der Waals surface area (Å²) >= 11 is 0. The molecule has 0 aliphatic heterocycles. The van der Waals surface area contributed by atoms with E-state index in [0.29, 0.717) is 11.3 Å². The lowest BCUT2D eigenvalue weighted by molar-refractivity contribution is -0.139. The summed E-state index contributed by atoms with van der Waals surface area (Å²) in [5.41, 5.74) is 1.63. The van der Waals surface area contributed by atoms with Crippen molar-refractivity contribution in [1.29, 1.82) is 0 Å². The fourth-order valence-corrected chi connectivity index (χ4v) is 3.14. The normalized spacial score (nSPS) is 14.2. The molecule has 2 aromatic rings. The molecule has 1 heterocycles. The number of pyridine rings is 1. The number of carbonyl (C=O) groups excluding carboxylic acids is 1. The number of benzene rings is 1. The zero-order chi connectivity index (χ0) is 18.7. The van der Waals surface area contributed by atoms with Gasteiger partial charge in [-0.1, -0.05) is 12.1 Å². The van der Waals surface area contributed by atoms with E-state index < -0.39 is 23.5 Å². The Kier molecular flexibility index (Phi) is 5.06. The van der Waals surface area contributed by atoms with Gasteiger partial charge in [-0.05, 0) is 55.0 Å². The van der Waals surface area contributed by atoms with Crippen LogP contribution in [-0.4, -0.2) is 29.1 Å². The molecule has 3 N–H and O–H groups in total. The van der Waals surface area contributed by atoms with Crippen LogP contribution >= 0.6 is 0 Å². The molecule has 0 bridgehead atoms. The Hall–Kier alpha value is -3.09. The van der Waals surface area contributed by atoms with Crippen molar-refractivity contribution >= 4 is 11.9 Å². The predicted octanol–water partition coefficient (Wildman–Crippen LogP) is 1.82. The number of methoxy groups -OCH3 is 1. The van der Waals surface area contributed by atoms with Gasteiger partial charge in [-0.2, -0.15) is 0 Å². The number of ether oxygens (including phenoxy) is 1. The molecule has 1 aliphatic rings. The summed E-state index contributed by atoms with van der Waals surface area (Å²) in [6.45, 7) is 0. The molecular formula is C19H20N2O5. The van der Waals surface area contributed by atoms with Crippen LogP contribution < -0.4 is 15.6 Å². The van der Waals surface area contributed by atoms with Crippen LogP contribution in [0.4, 0.5) is 0 Å². The first-order chi connectivity index (χ1) is 12.5. The summed E-state index contributed by atoms with van der Waals surface area (Å²) in [6.07, 6.45) is 3.60. The van der Waals surface area contributed by atoms with E-state index in [4.69, 9.17) is 4.74 Å². The van der Waals surface area contributed by atoms with Crippen molar-refractivity contribution in [1.82, 2.24) is 10.3 Å². The summed E-state index contributed by atoms with van der Waals surface area (Å²) in [5.74, 6) is -1.34. The highest BCUT2D eigenvalue weighted by Gasteiger charge is 2.25. The van der Waals surface area contributed by atoms with Crippen molar-refractivity contribution in [2.45, 2.75) is 31.7 Å². The Morgan fingerprint density at radius 2 is 1.88 bits per heavy atom. The fourth-order valence-electron chi connectivity index (χ4n) is 3.14. The smallest absolute Gasteiger partial charge is 0.330 e. The van der Waals surface area contributed by atoms with Gasteiger partial charge in [0.15, 0.2) is 6.04 Å². The van der Waals surface area contributed by atoms with Gasteiger partial charge >= 0.3 is 5.97 Å². The first-order valence-electron chi connectivity index (χ1n) is 8.42. The first kappa shape index (κ1) is 17.7. The van der Waals surface area contributed by atoms with Crippen LogP contribution in [-0.2, 0) is 17.6 Å². The van der Waals surface area contributed by atoms with Gasteiger partial charge < -0.3 is 20.1 Å². The van der Waals surface area contributed by atoms with E-state index in [-0.39, 0.29) is 5.56 Å². The molecule has 26 heavy (non-hydrogen) atoms. The quantitative estimate of drug-likeness (QED) is 0.757. The number of carbonyl (C=O) groups is 2. The van der Waals surface area contributed by atoms with Gasteiger partial charge in [0, 0.05) is 5.69 Å². The number of nitrogens with one attached hydrogen (secondary N) is 2. The van der Waals surface area contributed by atoms with E-state index in [0.717, 1.165) is 36.9 Å². The van der Waals surface area contributed by atoms with Gasteiger partial charge in [0.05, 0.1) is 7.11 Å². The van der Waals surface area contributed by atoms with Crippen molar-refractivity contribution in [2.24, 2.45) is 0 Å². The SMILES string of the molecule is COc1ccc(C(NC(=O)c2cc3c([nH]c2=O)CCCC3)C(=O)O)cc1. The van der Waals surface area contributed by atoms with E-state index in [1.807, 2.05) is 0 Å². The lowest BCUT2D eigenvalue weighted by atomic mass is 9.95. The highest BCUT2D eigenvalue weighted by Crippen LogP contribution is 2.20. The molecule has 0 spiro atoms. The van der Waals surface area contributed by atoms with Crippen molar-refractivity contribution < 1.29 is 19.4 Å². The van der Waals surface area contributed by atoms with Crippen molar-refractivity contribution in [3.05, 3.63) is 63.1 Å².